The average molecular weight is 265 g/mol. The van der Waals surface area contributed by atoms with Gasteiger partial charge in [-0.2, -0.15) is 4.98 Å². The number of aromatic nitrogens is 1. The van der Waals surface area contributed by atoms with Gasteiger partial charge < -0.3 is 20.5 Å². The highest BCUT2D eigenvalue weighted by Gasteiger charge is 2.26. The van der Waals surface area contributed by atoms with Crippen molar-refractivity contribution in [1.82, 2.24) is 4.98 Å². The van der Waals surface area contributed by atoms with Crippen molar-refractivity contribution >= 4 is 11.5 Å². The smallest absolute Gasteiger partial charge is 0.239 e. The van der Waals surface area contributed by atoms with Crippen LogP contribution in [-0.2, 0) is 0 Å². The maximum atomic E-state index is 9.21. The normalized spacial score (nSPS) is 15.1. The zero-order valence-corrected chi connectivity index (χ0v) is 11.5. The van der Waals surface area contributed by atoms with Crippen LogP contribution in [0.15, 0.2) is 12.1 Å². The van der Waals surface area contributed by atoms with Crippen LogP contribution in [0.5, 0.6) is 5.88 Å². The molecule has 106 valence electrons. The van der Waals surface area contributed by atoms with E-state index >= 15 is 0 Å². The van der Waals surface area contributed by atoms with Crippen molar-refractivity contribution in [3.63, 3.8) is 0 Å². The number of anilines is 2. The van der Waals surface area contributed by atoms with Crippen molar-refractivity contribution < 1.29 is 9.84 Å². The zero-order valence-electron chi connectivity index (χ0n) is 11.5. The highest BCUT2D eigenvalue weighted by molar-refractivity contribution is 5.55. The van der Waals surface area contributed by atoms with Crippen LogP contribution in [0.1, 0.15) is 32.6 Å². The second-order valence-electron chi connectivity index (χ2n) is 4.91. The molecule has 0 aromatic carbocycles. The average Bonchev–Trinajstić information content (AvgIpc) is 2.35. The molecule has 0 saturated heterocycles. The summed E-state index contributed by atoms with van der Waals surface area (Å²) in [6.07, 6.45) is 4.50. The summed E-state index contributed by atoms with van der Waals surface area (Å²) < 4.78 is 5.56. The van der Waals surface area contributed by atoms with Crippen molar-refractivity contribution in [2.75, 3.05) is 30.4 Å². The van der Waals surface area contributed by atoms with E-state index in [1.54, 1.807) is 0 Å². The van der Waals surface area contributed by atoms with E-state index in [0.29, 0.717) is 30.8 Å². The molecule has 1 aliphatic rings. The number of aliphatic hydroxyl groups excluding tert-OH is 1. The van der Waals surface area contributed by atoms with E-state index in [4.69, 9.17) is 10.5 Å². The molecule has 0 amide bonds. The lowest BCUT2D eigenvalue weighted by Gasteiger charge is -2.38. The van der Waals surface area contributed by atoms with Gasteiger partial charge >= 0.3 is 0 Å². The number of rotatable bonds is 7. The Labute approximate surface area is 114 Å². The van der Waals surface area contributed by atoms with Gasteiger partial charge in [0, 0.05) is 12.6 Å². The molecule has 5 heteroatoms. The molecule has 2 rings (SSSR count). The quantitative estimate of drug-likeness (QED) is 0.786. The number of hydrogen-bond donors (Lipinski definition) is 2. The van der Waals surface area contributed by atoms with Crippen LogP contribution in [0.25, 0.3) is 0 Å². The van der Waals surface area contributed by atoms with Gasteiger partial charge in [0.05, 0.1) is 18.9 Å². The summed E-state index contributed by atoms with van der Waals surface area (Å²) in [5, 5.41) is 9.21. The lowest BCUT2D eigenvalue weighted by Crippen LogP contribution is -2.42. The molecule has 1 aromatic rings. The van der Waals surface area contributed by atoms with Gasteiger partial charge in [-0.05, 0) is 37.8 Å². The first kappa shape index (κ1) is 13.9. The van der Waals surface area contributed by atoms with E-state index in [1.165, 1.54) is 6.42 Å². The molecule has 1 heterocycles. The Hall–Kier alpha value is -1.49. The van der Waals surface area contributed by atoms with Crippen molar-refractivity contribution in [1.29, 1.82) is 0 Å². The number of nitrogen functional groups attached to an aromatic ring is 1. The van der Waals surface area contributed by atoms with Crippen LogP contribution in [0.4, 0.5) is 11.5 Å². The third-order valence-electron chi connectivity index (χ3n) is 3.47. The second kappa shape index (κ2) is 6.61. The minimum absolute atomic E-state index is 0.133. The van der Waals surface area contributed by atoms with Crippen LogP contribution in [0, 0.1) is 0 Å². The molecular formula is C14H23N3O2. The second-order valence-corrected chi connectivity index (χ2v) is 4.91. The molecule has 1 fully saturated rings. The highest BCUT2D eigenvalue weighted by Crippen LogP contribution is 2.30. The fourth-order valence-electron chi connectivity index (χ4n) is 2.21. The van der Waals surface area contributed by atoms with E-state index in [1.807, 2.05) is 19.1 Å². The first-order valence-electron chi connectivity index (χ1n) is 7.03. The van der Waals surface area contributed by atoms with Gasteiger partial charge in [0.2, 0.25) is 5.88 Å². The molecule has 5 nitrogen and oxygen atoms in total. The topological polar surface area (TPSA) is 71.6 Å². The molecular weight excluding hydrogens is 242 g/mol. The fourth-order valence-corrected chi connectivity index (χ4v) is 2.21. The molecule has 3 N–H and O–H groups in total. The third-order valence-corrected chi connectivity index (χ3v) is 3.47. The Morgan fingerprint density at radius 1 is 1.47 bits per heavy atom. The molecule has 0 spiro atoms. The molecule has 0 radical (unpaired) electrons. The van der Waals surface area contributed by atoms with Gasteiger partial charge in [0.15, 0.2) is 0 Å². The monoisotopic (exact) mass is 265 g/mol. The van der Waals surface area contributed by atoms with Crippen LogP contribution >= 0.6 is 0 Å². The molecule has 0 unspecified atom stereocenters. The predicted molar refractivity (Wildman–Crippen MR) is 76.5 cm³/mol. The summed E-state index contributed by atoms with van der Waals surface area (Å²) in [6, 6.07) is 4.22. The van der Waals surface area contributed by atoms with Crippen molar-refractivity contribution in [3.8, 4) is 5.88 Å². The maximum Gasteiger partial charge on any atom is 0.239 e. The Kier molecular flexibility index (Phi) is 4.85. The summed E-state index contributed by atoms with van der Waals surface area (Å²) in [5.74, 6) is 1.35. The van der Waals surface area contributed by atoms with Crippen LogP contribution in [-0.4, -0.2) is 35.9 Å². The number of nitrogens with zero attached hydrogens (tertiary/aromatic N) is 2. The minimum Gasteiger partial charge on any atom is -0.476 e. The molecule has 1 aliphatic carbocycles. The molecule has 0 aliphatic heterocycles. The van der Waals surface area contributed by atoms with Gasteiger partial charge in [-0.15, -0.1) is 0 Å². The first-order chi connectivity index (χ1) is 9.26. The number of nitrogens with two attached hydrogens (primary N) is 1. The molecule has 0 atom stereocenters. The summed E-state index contributed by atoms with van der Waals surface area (Å²) >= 11 is 0. The zero-order chi connectivity index (χ0) is 13.7. The Balaban J connectivity index is 2.16. The molecule has 0 bridgehead atoms. The lowest BCUT2D eigenvalue weighted by atomic mass is 9.91. The standard InChI is InChI=1S/C14H23N3O2/c1-2-10-19-14-12(15)6-7-13(16-14)17(8-9-18)11-4-3-5-11/h6-7,11,18H,2-5,8-10,15H2,1H3. The van der Waals surface area contributed by atoms with Gasteiger partial charge in [0.1, 0.15) is 5.82 Å². The van der Waals surface area contributed by atoms with Gasteiger partial charge in [-0.1, -0.05) is 6.92 Å². The van der Waals surface area contributed by atoms with Gasteiger partial charge in [-0.25, -0.2) is 0 Å². The highest BCUT2D eigenvalue weighted by atomic mass is 16.5. The summed E-state index contributed by atoms with van der Waals surface area (Å²) in [5.41, 5.74) is 6.44. The van der Waals surface area contributed by atoms with E-state index < -0.39 is 0 Å². The summed E-state index contributed by atoms with van der Waals surface area (Å²) in [6.45, 7) is 3.40. The van der Waals surface area contributed by atoms with Crippen LogP contribution < -0.4 is 15.4 Å². The number of pyridine rings is 1. The van der Waals surface area contributed by atoms with Gasteiger partial charge in [0.25, 0.3) is 0 Å². The molecule has 1 saturated carbocycles. The third kappa shape index (κ3) is 3.29. The molecule has 1 aromatic heterocycles. The summed E-state index contributed by atoms with van der Waals surface area (Å²) in [7, 11) is 0. The number of aliphatic hydroxyl groups is 1. The first-order valence-corrected chi connectivity index (χ1v) is 7.03. The maximum absolute atomic E-state index is 9.21. The predicted octanol–water partition coefficient (Wildman–Crippen LogP) is 1.80. The van der Waals surface area contributed by atoms with Crippen molar-refractivity contribution in [2.24, 2.45) is 0 Å². The minimum atomic E-state index is 0.133. The van der Waals surface area contributed by atoms with E-state index in [0.717, 1.165) is 25.1 Å². The fraction of sp³-hybridized carbons (Fsp3) is 0.643. The largest absolute Gasteiger partial charge is 0.476 e. The summed E-state index contributed by atoms with van der Waals surface area (Å²) in [4.78, 5) is 6.65. The Morgan fingerprint density at radius 2 is 2.26 bits per heavy atom. The number of ether oxygens (including phenoxy) is 1. The van der Waals surface area contributed by atoms with Crippen molar-refractivity contribution in [2.45, 2.75) is 38.6 Å². The van der Waals surface area contributed by atoms with Gasteiger partial charge in [-0.3, -0.25) is 0 Å². The Morgan fingerprint density at radius 3 is 2.84 bits per heavy atom. The van der Waals surface area contributed by atoms with Crippen LogP contribution in [0.2, 0.25) is 0 Å². The van der Waals surface area contributed by atoms with E-state index in [-0.39, 0.29) is 6.61 Å². The SMILES string of the molecule is CCCOc1nc(N(CCO)C2CCC2)ccc1N. The van der Waals surface area contributed by atoms with E-state index in [9.17, 15) is 5.11 Å². The van der Waals surface area contributed by atoms with Crippen LogP contribution in [0.3, 0.4) is 0 Å². The number of hydrogen-bond acceptors (Lipinski definition) is 5. The van der Waals surface area contributed by atoms with Crippen molar-refractivity contribution in [3.05, 3.63) is 12.1 Å². The van der Waals surface area contributed by atoms with E-state index in [2.05, 4.69) is 9.88 Å². The Bertz CT molecular complexity index is 408. The molecule has 19 heavy (non-hydrogen) atoms. The lowest BCUT2D eigenvalue weighted by molar-refractivity contribution is 0.281.